The molecule has 3 N–H and O–H groups in total. The van der Waals surface area contributed by atoms with Crippen LogP contribution in [-0.4, -0.2) is 29.8 Å². The molecule has 1 rings (SSSR count). The van der Waals surface area contributed by atoms with Crippen LogP contribution in [0.15, 0.2) is 24.3 Å². The Balaban J connectivity index is 2.60. The van der Waals surface area contributed by atoms with E-state index in [1.807, 2.05) is 6.92 Å². The quantitative estimate of drug-likeness (QED) is 0.499. The fraction of sp³-hybridized carbons (Fsp3) is 0.364. The van der Waals surface area contributed by atoms with Crippen molar-refractivity contribution in [3.8, 4) is 5.75 Å². The van der Waals surface area contributed by atoms with Crippen molar-refractivity contribution in [3.63, 3.8) is 0 Å². The summed E-state index contributed by atoms with van der Waals surface area (Å²) in [6, 6.07) is 6.26. The summed E-state index contributed by atoms with van der Waals surface area (Å²) in [5.74, 6) is 0.0412. The minimum Gasteiger partial charge on any atom is -0.512 e. The molecule has 0 unspecified atom stereocenters. The Morgan fingerprint density at radius 1 is 1.47 bits per heavy atom. The van der Waals surface area contributed by atoms with Gasteiger partial charge in [0.1, 0.15) is 5.75 Å². The van der Waals surface area contributed by atoms with Gasteiger partial charge in [-0.1, -0.05) is 19.4 Å². The molecular formula is C11H16BNO4. The SMILES string of the molecule is CCCCNC(=O)c1cccc(OB(O)O)c1. The van der Waals surface area contributed by atoms with Crippen molar-refractivity contribution >= 4 is 13.2 Å². The van der Waals surface area contributed by atoms with Gasteiger partial charge in [0.05, 0.1) is 0 Å². The number of benzene rings is 1. The number of carbonyl (C=O) groups is 1. The Bertz CT molecular complexity index is 370. The lowest BCUT2D eigenvalue weighted by Gasteiger charge is -2.07. The minimum absolute atomic E-state index is 0.198. The zero-order chi connectivity index (χ0) is 12.7. The number of rotatable bonds is 6. The fourth-order valence-corrected chi connectivity index (χ4v) is 1.31. The van der Waals surface area contributed by atoms with E-state index in [1.165, 1.54) is 6.07 Å². The lowest BCUT2D eigenvalue weighted by molar-refractivity contribution is 0.0952. The Hall–Kier alpha value is -1.53. The first-order chi connectivity index (χ1) is 8.13. The van der Waals surface area contributed by atoms with Crippen molar-refractivity contribution in [2.45, 2.75) is 19.8 Å². The number of amides is 1. The highest BCUT2D eigenvalue weighted by molar-refractivity contribution is 6.33. The molecule has 0 aliphatic heterocycles. The normalized spacial score (nSPS) is 9.82. The summed E-state index contributed by atoms with van der Waals surface area (Å²) in [7, 11) is -1.88. The van der Waals surface area contributed by atoms with Crippen LogP contribution >= 0.6 is 0 Å². The summed E-state index contributed by atoms with van der Waals surface area (Å²) in [4.78, 5) is 11.7. The molecule has 0 aliphatic rings. The van der Waals surface area contributed by atoms with Crippen LogP contribution in [-0.2, 0) is 0 Å². The van der Waals surface area contributed by atoms with Crippen LogP contribution in [0.5, 0.6) is 5.75 Å². The van der Waals surface area contributed by atoms with E-state index in [9.17, 15) is 4.79 Å². The van der Waals surface area contributed by atoms with E-state index in [1.54, 1.807) is 18.2 Å². The third-order valence-electron chi connectivity index (χ3n) is 2.15. The molecule has 5 nitrogen and oxygen atoms in total. The van der Waals surface area contributed by atoms with Gasteiger partial charge in [-0.25, -0.2) is 0 Å². The molecule has 0 spiro atoms. The average molecular weight is 237 g/mol. The zero-order valence-electron chi connectivity index (χ0n) is 9.72. The predicted molar refractivity (Wildman–Crippen MR) is 64.5 cm³/mol. The molecule has 0 aromatic heterocycles. The molecule has 0 saturated carbocycles. The van der Waals surface area contributed by atoms with E-state index in [0.717, 1.165) is 12.8 Å². The smallest absolute Gasteiger partial charge is 0.512 e. The molecule has 6 heteroatoms. The summed E-state index contributed by atoms with van der Waals surface area (Å²) in [6.07, 6.45) is 1.94. The standard InChI is InChI=1S/C11H16BNO4/c1-2-3-7-13-11(14)9-5-4-6-10(8-9)17-12(15)16/h4-6,8,15-16H,2-3,7H2,1H3,(H,13,14). The van der Waals surface area contributed by atoms with Crippen LogP contribution < -0.4 is 9.97 Å². The number of hydrogen-bond donors (Lipinski definition) is 3. The molecule has 1 aromatic carbocycles. The van der Waals surface area contributed by atoms with Crippen molar-refractivity contribution < 1.29 is 19.5 Å². The molecule has 0 aliphatic carbocycles. The first-order valence-electron chi connectivity index (χ1n) is 5.54. The number of carbonyl (C=O) groups excluding carboxylic acids is 1. The van der Waals surface area contributed by atoms with Gasteiger partial charge in [-0.05, 0) is 24.6 Å². The second kappa shape index (κ2) is 6.93. The summed E-state index contributed by atoms with van der Waals surface area (Å²) in [5.41, 5.74) is 0.430. The molecule has 17 heavy (non-hydrogen) atoms. The second-order valence-electron chi connectivity index (χ2n) is 3.58. The topological polar surface area (TPSA) is 78.8 Å². The molecule has 0 atom stereocenters. The largest absolute Gasteiger partial charge is 0.707 e. The van der Waals surface area contributed by atoms with Crippen LogP contribution in [0.3, 0.4) is 0 Å². The molecule has 0 fully saturated rings. The maximum absolute atomic E-state index is 11.7. The van der Waals surface area contributed by atoms with Gasteiger partial charge in [-0.3, -0.25) is 4.79 Å². The third-order valence-corrected chi connectivity index (χ3v) is 2.15. The van der Waals surface area contributed by atoms with Crippen LogP contribution in [0.2, 0.25) is 0 Å². The zero-order valence-corrected chi connectivity index (χ0v) is 9.72. The van der Waals surface area contributed by atoms with Crippen molar-refractivity contribution in [2.75, 3.05) is 6.54 Å². The maximum atomic E-state index is 11.7. The van der Waals surface area contributed by atoms with E-state index in [4.69, 9.17) is 10.0 Å². The van der Waals surface area contributed by atoms with Crippen molar-refractivity contribution in [1.82, 2.24) is 5.32 Å². The summed E-state index contributed by atoms with van der Waals surface area (Å²) in [5, 5.41) is 20.0. The van der Waals surface area contributed by atoms with E-state index >= 15 is 0 Å². The Labute approximate surface area is 101 Å². The van der Waals surface area contributed by atoms with Gasteiger partial charge in [-0.2, -0.15) is 0 Å². The third kappa shape index (κ3) is 4.88. The molecule has 0 radical (unpaired) electrons. The van der Waals surface area contributed by atoms with E-state index < -0.39 is 7.32 Å². The lowest BCUT2D eigenvalue weighted by atomic mass is 10.2. The van der Waals surface area contributed by atoms with Gasteiger partial charge in [-0.15, -0.1) is 0 Å². The number of hydrogen-bond acceptors (Lipinski definition) is 4. The van der Waals surface area contributed by atoms with Crippen LogP contribution in [0.25, 0.3) is 0 Å². The first kappa shape index (κ1) is 13.5. The molecule has 0 heterocycles. The van der Waals surface area contributed by atoms with Crippen LogP contribution in [0.1, 0.15) is 30.1 Å². The lowest BCUT2D eigenvalue weighted by Crippen LogP contribution is -2.25. The summed E-state index contributed by atoms with van der Waals surface area (Å²) >= 11 is 0. The van der Waals surface area contributed by atoms with Crippen molar-refractivity contribution in [3.05, 3.63) is 29.8 Å². The van der Waals surface area contributed by atoms with Crippen LogP contribution in [0.4, 0.5) is 0 Å². The predicted octanol–water partition coefficient (Wildman–Crippen LogP) is 0.565. The van der Waals surface area contributed by atoms with Crippen molar-refractivity contribution in [1.29, 1.82) is 0 Å². The van der Waals surface area contributed by atoms with Crippen LogP contribution in [0, 0.1) is 0 Å². The van der Waals surface area contributed by atoms with Gasteiger partial charge in [0.25, 0.3) is 5.91 Å². The molecule has 92 valence electrons. The number of nitrogens with one attached hydrogen (secondary N) is 1. The monoisotopic (exact) mass is 237 g/mol. The van der Waals surface area contributed by atoms with Gasteiger partial charge >= 0.3 is 7.32 Å². The highest BCUT2D eigenvalue weighted by atomic mass is 16.6. The first-order valence-corrected chi connectivity index (χ1v) is 5.54. The molecule has 0 bridgehead atoms. The van der Waals surface area contributed by atoms with E-state index in [-0.39, 0.29) is 11.7 Å². The van der Waals surface area contributed by atoms with E-state index in [2.05, 4.69) is 9.97 Å². The second-order valence-corrected chi connectivity index (χ2v) is 3.58. The Morgan fingerprint density at radius 3 is 2.88 bits per heavy atom. The molecular weight excluding hydrogens is 221 g/mol. The highest BCUT2D eigenvalue weighted by Crippen LogP contribution is 2.13. The van der Waals surface area contributed by atoms with Gasteiger partial charge in [0.2, 0.25) is 0 Å². The Morgan fingerprint density at radius 2 is 2.24 bits per heavy atom. The number of unbranched alkanes of at least 4 members (excludes halogenated alkanes) is 1. The van der Waals surface area contributed by atoms with Gasteiger partial charge in [0, 0.05) is 12.1 Å². The average Bonchev–Trinajstić information content (AvgIpc) is 2.28. The highest BCUT2D eigenvalue weighted by Gasteiger charge is 2.12. The van der Waals surface area contributed by atoms with Gasteiger partial charge in [0.15, 0.2) is 0 Å². The van der Waals surface area contributed by atoms with E-state index in [0.29, 0.717) is 12.1 Å². The minimum atomic E-state index is -1.88. The molecule has 1 aromatic rings. The summed E-state index contributed by atoms with van der Waals surface area (Å²) < 4.78 is 4.66. The molecule has 0 saturated heterocycles. The molecule has 1 amide bonds. The Kier molecular flexibility index (Phi) is 5.52. The van der Waals surface area contributed by atoms with Crippen molar-refractivity contribution in [2.24, 2.45) is 0 Å². The fourth-order valence-electron chi connectivity index (χ4n) is 1.31. The summed E-state index contributed by atoms with van der Waals surface area (Å²) in [6.45, 7) is 2.67. The van der Waals surface area contributed by atoms with Gasteiger partial charge < -0.3 is 20.0 Å². The maximum Gasteiger partial charge on any atom is 0.707 e.